The van der Waals surface area contributed by atoms with Crippen LogP contribution in [0.15, 0.2) is 29.6 Å². The predicted molar refractivity (Wildman–Crippen MR) is 96.8 cm³/mol. The topological polar surface area (TPSA) is 63.2 Å². The van der Waals surface area contributed by atoms with E-state index in [2.05, 4.69) is 15.6 Å². The second-order valence-corrected chi connectivity index (χ2v) is 5.95. The van der Waals surface area contributed by atoms with E-state index in [1.807, 2.05) is 45.2 Å². The highest BCUT2D eigenvalue weighted by molar-refractivity contribution is 7.13. The van der Waals surface area contributed by atoms with Gasteiger partial charge >= 0.3 is 0 Å². The van der Waals surface area contributed by atoms with Crippen LogP contribution in [0.5, 0.6) is 5.75 Å². The smallest absolute Gasteiger partial charge is 0.270 e. The summed E-state index contributed by atoms with van der Waals surface area (Å²) in [5.41, 5.74) is 1.44. The molecule has 126 valence electrons. The molecule has 2 N–H and O–H groups in total. The summed E-state index contributed by atoms with van der Waals surface area (Å²) in [5.74, 6) is 0.692. The van der Waals surface area contributed by atoms with Gasteiger partial charge in [0.1, 0.15) is 16.5 Å². The largest absolute Gasteiger partial charge is 0.491 e. The number of hydrogen-bond donors (Lipinski definition) is 2. The summed E-state index contributed by atoms with van der Waals surface area (Å²) in [5, 5.41) is 8.41. The van der Waals surface area contributed by atoms with Crippen LogP contribution >= 0.6 is 23.7 Å². The molecule has 7 heteroatoms. The third kappa shape index (κ3) is 5.82. The first-order chi connectivity index (χ1) is 10.6. The van der Waals surface area contributed by atoms with E-state index in [4.69, 9.17) is 4.74 Å². The Balaban J connectivity index is 0.00000264. The van der Waals surface area contributed by atoms with E-state index in [0.29, 0.717) is 12.2 Å². The number of benzene rings is 1. The Morgan fingerprint density at radius 1 is 1.26 bits per heavy atom. The molecular formula is C16H22ClN3O2S. The van der Waals surface area contributed by atoms with E-state index in [1.165, 1.54) is 11.3 Å². The average molecular weight is 356 g/mol. The first-order valence-corrected chi connectivity index (χ1v) is 8.13. The lowest BCUT2D eigenvalue weighted by atomic mass is 10.2. The maximum Gasteiger partial charge on any atom is 0.270 e. The molecule has 1 aromatic heterocycles. The van der Waals surface area contributed by atoms with Gasteiger partial charge in [0.25, 0.3) is 5.91 Å². The molecule has 1 heterocycles. The molecule has 0 fully saturated rings. The van der Waals surface area contributed by atoms with Crippen LogP contribution in [0.4, 0.5) is 0 Å². The third-order valence-corrected chi connectivity index (χ3v) is 3.76. The number of nitrogens with one attached hydrogen (secondary N) is 2. The second kappa shape index (κ2) is 9.50. The maximum atomic E-state index is 11.9. The van der Waals surface area contributed by atoms with Crippen molar-refractivity contribution in [1.82, 2.24) is 15.6 Å². The zero-order chi connectivity index (χ0) is 15.9. The van der Waals surface area contributed by atoms with Crippen molar-refractivity contribution < 1.29 is 9.53 Å². The normalized spacial score (nSPS) is 10.3. The molecule has 2 rings (SSSR count). The van der Waals surface area contributed by atoms with Crippen molar-refractivity contribution in [2.24, 2.45) is 0 Å². The van der Waals surface area contributed by atoms with E-state index in [0.717, 1.165) is 22.9 Å². The fourth-order valence-electron chi connectivity index (χ4n) is 1.85. The van der Waals surface area contributed by atoms with E-state index in [9.17, 15) is 4.79 Å². The summed E-state index contributed by atoms with van der Waals surface area (Å²) >= 11 is 1.46. The Morgan fingerprint density at radius 2 is 1.96 bits per heavy atom. The zero-order valence-electron chi connectivity index (χ0n) is 13.5. The van der Waals surface area contributed by atoms with E-state index in [-0.39, 0.29) is 24.4 Å². The number of likely N-dealkylation sites (N-methyl/N-ethyl adjacent to an activating group) is 1. The number of halogens is 1. The van der Waals surface area contributed by atoms with Gasteiger partial charge in [0.2, 0.25) is 0 Å². The molecule has 0 aliphatic rings. The van der Waals surface area contributed by atoms with Gasteiger partial charge in [-0.05, 0) is 45.2 Å². The Kier molecular flexibility index (Phi) is 8.02. The van der Waals surface area contributed by atoms with Crippen LogP contribution in [0.2, 0.25) is 0 Å². The summed E-state index contributed by atoms with van der Waals surface area (Å²) in [6.45, 7) is 5.31. The number of hydrogen-bond acceptors (Lipinski definition) is 5. The van der Waals surface area contributed by atoms with Crippen molar-refractivity contribution in [1.29, 1.82) is 0 Å². The molecule has 1 aromatic carbocycles. The fourth-order valence-corrected chi connectivity index (χ4v) is 2.66. The van der Waals surface area contributed by atoms with Gasteiger partial charge in [-0.15, -0.1) is 23.7 Å². The molecular weight excluding hydrogens is 334 g/mol. The number of carbonyl (C=O) groups is 1. The highest BCUT2D eigenvalue weighted by Crippen LogP contribution is 2.26. The quantitative estimate of drug-likeness (QED) is 0.749. The molecule has 23 heavy (non-hydrogen) atoms. The number of thiazole rings is 1. The summed E-state index contributed by atoms with van der Waals surface area (Å²) in [6.07, 6.45) is 0.152. The third-order valence-electron chi connectivity index (χ3n) is 2.87. The molecule has 0 radical (unpaired) electrons. The average Bonchev–Trinajstić information content (AvgIpc) is 2.97. The van der Waals surface area contributed by atoms with Crippen molar-refractivity contribution in [2.45, 2.75) is 20.0 Å². The van der Waals surface area contributed by atoms with E-state index >= 15 is 0 Å². The molecule has 5 nitrogen and oxygen atoms in total. The van der Waals surface area contributed by atoms with Crippen LogP contribution in [0.25, 0.3) is 10.6 Å². The Morgan fingerprint density at radius 3 is 2.57 bits per heavy atom. The van der Waals surface area contributed by atoms with Crippen molar-refractivity contribution in [2.75, 3.05) is 20.1 Å². The van der Waals surface area contributed by atoms with Crippen LogP contribution in [0, 0.1) is 0 Å². The van der Waals surface area contributed by atoms with Crippen LogP contribution in [0.3, 0.4) is 0 Å². The lowest BCUT2D eigenvalue weighted by Gasteiger charge is -2.09. The molecule has 0 saturated carbocycles. The van der Waals surface area contributed by atoms with E-state index in [1.54, 1.807) is 5.38 Å². The number of aromatic nitrogens is 1. The van der Waals surface area contributed by atoms with Crippen LogP contribution in [-0.4, -0.2) is 37.1 Å². The van der Waals surface area contributed by atoms with Gasteiger partial charge in [-0.2, -0.15) is 0 Å². The van der Waals surface area contributed by atoms with Crippen molar-refractivity contribution in [3.63, 3.8) is 0 Å². The van der Waals surface area contributed by atoms with E-state index < -0.39 is 0 Å². The first-order valence-electron chi connectivity index (χ1n) is 7.25. The van der Waals surface area contributed by atoms with Crippen LogP contribution < -0.4 is 15.4 Å². The minimum absolute atomic E-state index is 0. The Labute approximate surface area is 146 Å². The van der Waals surface area contributed by atoms with Crippen molar-refractivity contribution >= 4 is 29.7 Å². The van der Waals surface area contributed by atoms with Gasteiger partial charge in [0, 0.05) is 24.0 Å². The van der Waals surface area contributed by atoms with Crippen LogP contribution in [0.1, 0.15) is 24.3 Å². The Hall–Kier alpha value is -1.63. The van der Waals surface area contributed by atoms with Gasteiger partial charge in [0.15, 0.2) is 0 Å². The summed E-state index contributed by atoms with van der Waals surface area (Å²) in [6, 6.07) is 7.76. The number of nitrogens with zero attached hydrogens (tertiary/aromatic N) is 1. The minimum atomic E-state index is -0.141. The molecule has 1 amide bonds. The van der Waals surface area contributed by atoms with Gasteiger partial charge in [0.05, 0.1) is 6.10 Å². The monoisotopic (exact) mass is 355 g/mol. The maximum absolute atomic E-state index is 11.9. The highest BCUT2D eigenvalue weighted by atomic mass is 35.5. The van der Waals surface area contributed by atoms with Gasteiger partial charge in [-0.25, -0.2) is 4.98 Å². The van der Waals surface area contributed by atoms with Gasteiger partial charge < -0.3 is 15.4 Å². The van der Waals surface area contributed by atoms with Gasteiger partial charge in [-0.3, -0.25) is 4.79 Å². The SMILES string of the molecule is CNCCNC(=O)c1csc(-c2ccc(OC(C)C)cc2)n1.Cl. The second-order valence-electron chi connectivity index (χ2n) is 5.09. The molecule has 0 aliphatic heterocycles. The molecule has 0 saturated heterocycles. The Bertz CT molecular complexity index is 614. The minimum Gasteiger partial charge on any atom is -0.491 e. The lowest BCUT2D eigenvalue weighted by molar-refractivity contribution is 0.0950. The summed E-state index contributed by atoms with van der Waals surface area (Å²) in [7, 11) is 1.85. The number of amides is 1. The van der Waals surface area contributed by atoms with Crippen LogP contribution in [-0.2, 0) is 0 Å². The molecule has 2 aromatic rings. The first kappa shape index (κ1) is 19.4. The standard InChI is InChI=1S/C16H21N3O2S.ClH/c1-11(2)21-13-6-4-12(5-7-13)16-19-14(10-22-16)15(20)18-9-8-17-3;/h4-7,10-11,17H,8-9H2,1-3H3,(H,18,20);1H. The van der Waals surface area contributed by atoms with Gasteiger partial charge in [-0.1, -0.05) is 0 Å². The zero-order valence-corrected chi connectivity index (χ0v) is 15.1. The predicted octanol–water partition coefficient (Wildman–Crippen LogP) is 2.97. The van der Waals surface area contributed by atoms with Crippen molar-refractivity contribution in [3.8, 4) is 16.3 Å². The summed E-state index contributed by atoms with van der Waals surface area (Å²) in [4.78, 5) is 16.3. The molecule has 0 atom stereocenters. The molecule has 0 spiro atoms. The molecule has 0 aliphatic carbocycles. The molecule has 0 bridgehead atoms. The number of ether oxygens (including phenoxy) is 1. The number of rotatable bonds is 7. The fraction of sp³-hybridized carbons (Fsp3) is 0.375. The molecule has 0 unspecified atom stereocenters. The lowest BCUT2D eigenvalue weighted by Crippen LogP contribution is -2.30. The summed E-state index contributed by atoms with van der Waals surface area (Å²) < 4.78 is 5.62. The number of carbonyl (C=O) groups excluding carboxylic acids is 1. The highest BCUT2D eigenvalue weighted by Gasteiger charge is 2.11. The van der Waals surface area contributed by atoms with Crippen molar-refractivity contribution in [3.05, 3.63) is 35.3 Å².